The van der Waals surface area contributed by atoms with Crippen LogP contribution < -0.4 is 20.5 Å². The Hall–Kier alpha value is -1.79. The molecule has 2 atom stereocenters. The van der Waals surface area contributed by atoms with E-state index in [0.717, 1.165) is 6.42 Å². The molecule has 2 rings (SSSR count). The van der Waals surface area contributed by atoms with Crippen molar-refractivity contribution in [2.45, 2.75) is 25.0 Å². The van der Waals surface area contributed by atoms with Crippen LogP contribution in [0.4, 0.5) is 5.69 Å². The van der Waals surface area contributed by atoms with Gasteiger partial charge >= 0.3 is 0 Å². The van der Waals surface area contributed by atoms with Gasteiger partial charge in [0.25, 0.3) is 5.91 Å². The van der Waals surface area contributed by atoms with Gasteiger partial charge in [-0.2, -0.15) is 0 Å². The molecule has 0 aliphatic carbocycles. The Morgan fingerprint density at radius 2 is 2.10 bits per heavy atom. The summed E-state index contributed by atoms with van der Waals surface area (Å²) in [6, 6.07) is 5.22. The normalized spacial score (nSPS) is 21.6. The number of carbonyl (C=O) groups excluding carboxylic acids is 1. The fourth-order valence-corrected chi connectivity index (χ4v) is 2.21. The first-order valence-corrected chi connectivity index (χ1v) is 6.56. The van der Waals surface area contributed by atoms with Gasteiger partial charge in [0, 0.05) is 18.3 Å². The molecule has 20 heavy (non-hydrogen) atoms. The molecule has 1 aromatic carbocycles. The third-order valence-electron chi connectivity index (χ3n) is 3.31. The minimum Gasteiger partial charge on any atom is -0.493 e. The number of nitrogens with two attached hydrogens (primary N) is 1. The molecule has 1 saturated heterocycles. The second-order valence-corrected chi connectivity index (χ2v) is 4.62. The van der Waals surface area contributed by atoms with Crippen molar-refractivity contribution < 1.29 is 19.0 Å². The SMILES string of the molecule is COc1ccc(NC(=O)[C@@H]2CC[C@H](CN)O2)cc1OC. The molecule has 3 N–H and O–H groups in total. The highest BCUT2D eigenvalue weighted by Crippen LogP contribution is 2.30. The monoisotopic (exact) mass is 280 g/mol. The maximum Gasteiger partial charge on any atom is 0.253 e. The molecule has 6 nitrogen and oxygen atoms in total. The van der Waals surface area contributed by atoms with E-state index in [0.29, 0.717) is 30.2 Å². The van der Waals surface area contributed by atoms with E-state index >= 15 is 0 Å². The molecule has 0 aromatic heterocycles. The summed E-state index contributed by atoms with van der Waals surface area (Å²) in [5.74, 6) is 1.02. The van der Waals surface area contributed by atoms with Gasteiger partial charge in [-0.3, -0.25) is 4.79 Å². The third-order valence-corrected chi connectivity index (χ3v) is 3.31. The molecular weight excluding hydrogens is 260 g/mol. The van der Waals surface area contributed by atoms with E-state index < -0.39 is 6.10 Å². The maximum absolute atomic E-state index is 12.1. The number of methoxy groups -OCH3 is 2. The highest BCUT2D eigenvalue weighted by Gasteiger charge is 2.29. The van der Waals surface area contributed by atoms with Crippen LogP contribution in [-0.4, -0.2) is 38.9 Å². The van der Waals surface area contributed by atoms with E-state index in [2.05, 4.69) is 5.32 Å². The van der Waals surface area contributed by atoms with Crippen LogP contribution in [0.5, 0.6) is 11.5 Å². The van der Waals surface area contributed by atoms with Gasteiger partial charge in [0.05, 0.1) is 20.3 Å². The molecule has 0 spiro atoms. The van der Waals surface area contributed by atoms with Gasteiger partial charge in [0.2, 0.25) is 0 Å². The quantitative estimate of drug-likeness (QED) is 0.845. The molecule has 0 radical (unpaired) electrons. The second-order valence-electron chi connectivity index (χ2n) is 4.62. The Morgan fingerprint density at radius 1 is 1.35 bits per heavy atom. The van der Waals surface area contributed by atoms with Gasteiger partial charge in [0.1, 0.15) is 6.10 Å². The molecule has 0 bridgehead atoms. The van der Waals surface area contributed by atoms with Gasteiger partial charge in [-0.15, -0.1) is 0 Å². The fourth-order valence-electron chi connectivity index (χ4n) is 2.21. The van der Waals surface area contributed by atoms with Crippen LogP contribution in [0.1, 0.15) is 12.8 Å². The van der Waals surface area contributed by atoms with Crippen LogP contribution in [0.2, 0.25) is 0 Å². The van der Waals surface area contributed by atoms with E-state index in [4.69, 9.17) is 19.9 Å². The summed E-state index contributed by atoms with van der Waals surface area (Å²) in [6.07, 6.45) is 1.06. The lowest BCUT2D eigenvalue weighted by molar-refractivity contribution is -0.126. The van der Waals surface area contributed by atoms with Crippen LogP contribution in [-0.2, 0) is 9.53 Å². The summed E-state index contributed by atoms with van der Waals surface area (Å²) >= 11 is 0. The number of carbonyl (C=O) groups is 1. The van der Waals surface area contributed by atoms with E-state index in [1.54, 1.807) is 32.4 Å². The molecule has 0 unspecified atom stereocenters. The molecule has 1 fully saturated rings. The van der Waals surface area contributed by atoms with Crippen LogP contribution in [0.25, 0.3) is 0 Å². The maximum atomic E-state index is 12.1. The van der Waals surface area contributed by atoms with E-state index in [-0.39, 0.29) is 12.0 Å². The van der Waals surface area contributed by atoms with E-state index in [1.807, 2.05) is 0 Å². The molecule has 110 valence electrons. The Labute approximate surface area is 118 Å². The van der Waals surface area contributed by atoms with E-state index in [1.165, 1.54) is 0 Å². The van der Waals surface area contributed by atoms with Gasteiger partial charge in [0.15, 0.2) is 11.5 Å². The zero-order valence-corrected chi connectivity index (χ0v) is 11.7. The average Bonchev–Trinajstić information content (AvgIpc) is 2.96. The van der Waals surface area contributed by atoms with Crippen LogP contribution >= 0.6 is 0 Å². The van der Waals surface area contributed by atoms with Crippen molar-refractivity contribution in [3.8, 4) is 11.5 Å². The third kappa shape index (κ3) is 3.20. The van der Waals surface area contributed by atoms with Gasteiger partial charge in [-0.1, -0.05) is 0 Å². The molecule has 6 heteroatoms. The number of hydrogen-bond donors (Lipinski definition) is 2. The predicted octanol–water partition coefficient (Wildman–Crippen LogP) is 1.15. The molecule has 1 aliphatic rings. The van der Waals surface area contributed by atoms with Crippen molar-refractivity contribution in [3.63, 3.8) is 0 Å². The van der Waals surface area contributed by atoms with Crippen molar-refractivity contribution >= 4 is 11.6 Å². The molecule has 1 aliphatic heterocycles. The zero-order valence-electron chi connectivity index (χ0n) is 11.7. The van der Waals surface area contributed by atoms with Crippen molar-refractivity contribution in [1.82, 2.24) is 0 Å². The number of benzene rings is 1. The summed E-state index contributed by atoms with van der Waals surface area (Å²) in [5, 5.41) is 2.81. The summed E-state index contributed by atoms with van der Waals surface area (Å²) in [7, 11) is 3.12. The number of hydrogen-bond acceptors (Lipinski definition) is 5. The van der Waals surface area contributed by atoms with Crippen LogP contribution in [0, 0.1) is 0 Å². The van der Waals surface area contributed by atoms with Gasteiger partial charge in [-0.25, -0.2) is 0 Å². The molecule has 1 heterocycles. The zero-order chi connectivity index (χ0) is 14.5. The lowest BCUT2D eigenvalue weighted by Crippen LogP contribution is -2.29. The smallest absolute Gasteiger partial charge is 0.253 e. The molecule has 1 aromatic rings. The number of anilines is 1. The number of amides is 1. The highest BCUT2D eigenvalue weighted by atomic mass is 16.5. The molecular formula is C14H20N2O4. The summed E-state index contributed by atoms with van der Waals surface area (Å²) in [4.78, 5) is 12.1. The van der Waals surface area contributed by atoms with Crippen molar-refractivity contribution in [2.75, 3.05) is 26.1 Å². The lowest BCUT2D eigenvalue weighted by Gasteiger charge is -2.14. The second kappa shape index (κ2) is 6.58. The standard InChI is InChI=1S/C14H20N2O4/c1-18-11-5-3-9(7-13(11)19-2)16-14(17)12-6-4-10(8-15)20-12/h3,5,7,10,12H,4,6,8,15H2,1-2H3,(H,16,17)/t10-,12+/m1/s1. The number of rotatable bonds is 5. The van der Waals surface area contributed by atoms with Gasteiger partial charge < -0.3 is 25.3 Å². The van der Waals surface area contributed by atoms with Crippen molar-refractivity contribution in [1.29, 1.82) is 0 Å². The largest absolute Gasteiger partial charge is 0.493 e. The summed E-state index contributed by atoms with van der Waals surface area (Å²) < 4.78 is 15.9. The Bertz CT molecular complexity index is 478. The Kier molecular flexibility index (Phi) is 4.81. The first-order valence-electron chi connectivity index (χ1n) is 6.56. The average molecular weight is 280 g/mol. The molecule has 0 saturated carbocycles. The number of nitrogens with one attached hydrogen (secondary N) is 1. The minimum absolute atomic E-state index is 0.0175. The number of ether oxygens (including phenoxy) is 3. The Morgan fingerprint density at radius 3 is 2.70 bits per heavy atom. The Balaban J connectivity index is 2.01. The minimum atomic E-state index is -0.434. The fraction of sp³-hybridized carbons (Fsp3) is 0.500. The predicted molar refractivity (Wildman–Crippen MR) is 75.1 cm³/mol. The van der Waals surface area contributed by atoms with Crippen LogP contribution in [0.3, 0.4) is 0 Å². The van der Waals surface area contributed by atoms with E-state index in [9.17, 15) is 4.79 Å². The highest BCUT2D eigenvalue weighted by molar-refractivity contribution is 5.94. The first kappa shape index (κ1) is 14.6. The van der Waals surface area contributed by atoms with Crippen molar-refractivity contribution in [3.05, 3.63) is 18.2 Å². The van der Waals surface area contributed by atoms with Crippen LogP contribution in [0.15, 0.2) is 18.2 Å². The summed E-state index contributed by atoms with van der Waals surface area (Å²) in [5.41, 5.74) is 6.18. The molecule has 1 amide bonds. The van der Waals surface area contributed by atoms with Gasteiger partial charge in [-0.05, 0) is 25.0 Å². The lowest BCUT2D eigenvalue weighted by atomic mass is 10.2. The first-order chi connectivity index (χ1) is 9.67. The topological polar surface area (TPSA) is 82.8 Å². The summed E-state index contributed by atoms with van der Waals surface area (Å²) in [6.45, 7) is 0.445. The van der Waals surface area contributed by atoms with Crippen molar-refractivity contribution in [2.24, 2.45) is 5.73 Å².